The van der Waals surface area contributed by atoms with Crippen LogP contribution in [0.5, 0.6) is 17.2 Å². The first kappa shape index (κ1) is 26.8. The van der Waals surface area contributed by atoms with Crippen LogP contribution >= 0.6 is 69.6 Å². The Morgan fingerprint density at radius 2 is 1.34 bits per heavy atom. The summed E-state index contributed by atoms with van der Waals surface area (Å²) in [6, 6.07) is 10.5. The second kappa shape index (κ2) is 14.6. The molecule has 0 saturated carbocycles. The molecule has 2 aromatic rings. The molecule has 11 heteroatoms. The van der Waals surface area contributed by atoms with Gasteiger partial charge in [-0.25, -0.2) is 0 Å². The van der Waals surface area contributed by atoms with Crippen LogP contribution < -0.4 is 14.2 Å². The number of ether oxygens (including phenoxy) is 3. The number of halogens is 6. The van der Waals surface area contributed by atoms with E-state index in [0.29, 0.717) is 27.3 Å². The molecule has 0 aromatic heterocycles. The van der Waals surface area contributed by atoms with Crippen LogP contribution in [0.25, 0.3) is 0 Å². The van der Waals surface area contributed by atoms with Crippen LogP contribution in [0, 0.1) is 0 Å². The van der Waals surface area contributed by atoms with Crippen molar-refractivity contribution in [1.82, 2.24) is 0 Å². The highest BCUT2D eigenvalue weighted by Crippen LogP contribution is 2.37. The van der Waals surface area contributed by atoms with Gasteiger partial charge in [-0.3, -0.25) is 0 Å². The lowest BCUT2D eigenvalue weighted by atomic mass is 10.2. The minimum atomic E-state index is 0.113. The lowest BCUT2D eigenvalue weighted by Crippen LogP contribution is -2.00. The third kappa shape index (κ3) is 10.4. The number of benzene rings is 2. The molecule has 2 aromatic carbocycles. The second-order valence-corrected chi connectivity index (χ2v) is 8.67. The fourth-order valence-corrected chi connectivity index (χ4v) is 2.98. The van der Waals surface area contributed by atoms with Crippen molar-refractivity contribution in [2.45, 2.75) is 6.61 Å². The summed E-state index contributed by atoms with van der Waals surface area (Å²) in [5, 5.41) is 4.34. The standard InChI is InChI=1S/C21H17Cl6NO4/c22-17-11-16(29-8-5-19(24)25)12-18(23)21(17)31-13-14-1-3-15(4-2-14)30-10-7-28-32-9-6-20(26)27/h1-7,11-12H,8-10,13H2. The molecule has 0 saturated heterocycles. The van der Waals surface area contributed by atoms with Gasteiger partial charge in [0.1, 0.15) is 46.9 Å². The first-order chi connectivity index (χ1) is 15.3. The monoisotopic (exact) mass is 557 g/mol. The van der Waals surface area contributed by atoms with Gasteiger partial charge in [-0.05, 0) is 29.8 Å². The molecule has 0 heterocycles. The van der Waals surface area contributed by atoms with Crippen molar-refractivity contribution in [3.05, 3.63) is 73.1 Å². The molecule has 0 aliphatic rings. The zero-order valence-electron chi connectivity index (χ0n) is 16.4. The van der Waals surface area contributed by atoms with E-state index < -0.39 is 0 Å². The average Bonchev–Trinajstić information content (AvgIpc) is 2.73. The highest BCUT2D eigenvalue weighted by atomic mass is 35.5. The van der Waals surface area contributed by atoms with E-state index in [1.54, 1.807) is 24.3 Å². The van der Waals surface area contributed by atoms with Crippen LogP contribution in [-0.4, -0.2) is 26.0 Å². The largest absolute Gasteiger partial charge is 0.489 e. The van der Waals surface area contributed by atoms with Crippen molar-refractivity contribution in [3.8, 4) is 17.2 Å². The Kier molecular flexibility index (Phi) is 12.2. The third-order valence-corrected chi connectivity index (χ3v) is 4.73. The van der Waals surface area contributed by atoms with Crippen molar-refractivity contribution < 1.29 is 19.0 Å². The van der Waals surface area contributed by atoms with Crippen molar-refractivity contribution in [2.75, 3.05) is 19.8 Å². The van der Waals surface area contributed by atoms with E-state index in [1.807, 2.05) is 12.1 Å². The number of rotatable bonds is 12. The maximum absolute atomic E-state index is 6.27. The molecule has 2 rings (SSSR count). The molecule has 32 heavy (non-hydrogen) atoms. The maximum Gasteiger partial charge on any atom is 0.157 e. The Morgan fingerprint density at radius 3 is 1.97 bits per heavy atom. The Bertz CT molecular complexity index is 932. The average molecular weight is 560 g/mol. The van der Waals surface area contributed by atoms with Gasteiger partial charge in [-0.15, -0.1) is 0 Å². The van der Waals surface area contributed by atoms with Gasteiger partial charge in [0.2, 0.25) is 0 Å². The van der Waals surface area contributed by atoms with Gasteiger partial charge in [0.25, 0.3) is 0 Å². The van der Waals surface area contributed by atoms with Gasteiger partial charge >= 0.3 is 0 Å². The van der Waals surface area contributed by atoms with Gasteiger partial charge in [-0.1, -0.05) is 86.9 Å². The molecule has 5 nitrogen and oxygen atoms in total. The van der Waals surface area contributed by atoms with Crippen LogP contribution in [-0.2, 0) is 11.4 Å². The summed E-state index contributed by atoms with van der Waals surface area (Å²) in [6.45, 7) is 0.859. The van der Waals surface area contributed by atoms with E-state index in [1.165, 1.54) is 18.4 Å². The molecule has 0 fully saturated rings. The molecule has 0 radical (unpaired) electrons. The van der Waals surface area contributed by atoms with Crippen molar-refractivity contribution >= 4 is 75.8 Å². The lowest BCUT2D eigenvalue weighted by Gasteiger charge is -2.12. The molecule has 172 valence electrons. The third-order valence-electron chi connectivity index (χ3n) is 3.55. The molecular weight excluding hydrogens is 543 g/mol. The van der Waals surface area contributed by atoms with Gasteiger partial charge in [0, 0.05) is 12.1 Å². The summed E-state index contributed by atoms with van der Waals surface area (Å²) >= 11 is 34.5. The Hall–Kier alpha value is -1.47. The highest BCUT2D eigenvalue weighted by molar-refractivity contribution is 6.56. The molecule has 0 N–H and O–H groups in total. The topological polar surface area (TPSA) is 49.3 Å². The van der Waals surface area contributed by atoms with Crippen molar-refractivity contribution in [1.29, 1.82) is 0 Å². The van der Waals surface area contributed by atoms with Crippen LogP contribution in [0.4, 0.5) is 0 Å². The fraction of sp³-hybridized carbons (Fsp3) is 0.190. The molecule has 0 aliphatic carbocycles. The minimum Gasteiger partial charge on any atom is -0.489 e. The van der Waals surface area contributed by atoms with E-state index in [0.717, 1.165) is 5.56 Å². The Labute approximate surface area is 216 Å². The number of nitrogens with zero attached hydrogens (tertiary/aromatic N) is 1. The molecular formula is C21H17Cl6NO4. The summed E-state index contributed by atoms with van der Waals surface area (Å²) in [5.41, 5.74) is 0.897. The zero-order chi connectivity index (χ0) is 23.3. The second-order valence-electron chi connectivity index (χ2n) is 5.84. The van der Waals surface area contributed by atoms with Crippen LogP contribution in [0.15, 0.2) is 62.7 Å². The zero-order valence-corrected chi connectivity index (χ0v) is 20.9. The summed E-state index contributed by atoms with van der Waals surface area (Å²) in [5.74, 6) is 1.48. The minimum absolute atomic E-state index is 0.113. The van der Waals surface area contributed by atoms with Crippen LogP contribution in [0.2, 0.25) is 10.0 Å². The summed E-state index contributed by atoms with van der Waals surface area (Å²) < 4.78 is 17.0. The van der Waals surface area contributed by atoms with Crippen molar-refractivity contribution in [2.24, 2.45) is 5.16 Å². The van der Waals surface area contributed by atoms with Gasteiger partial charge in [0.15, 0.2) is 5.75 Å². The molecule has 0 bridgehead atoms. The quantitative estimate of drug-likeness (QED) is 0.150. The SMILES string of the molecule is ClC(Cl)=CCON=CCOc1ccc(COc2c(Cl)cc(OCC=C(Cl)Cl)cc2Cl)cc1. The normalized spacial score (nSPS) is 10.6. The van der Waals surface area contributed by atoms with E-state index in [2.05, 4.69) is 5.16 Å². The summed E-state index contributed by atoms with van der Waals surface area (Å²) in [6.07, 6.45) is 4.45. The van der Waals surface area contributed by atoms with Crippen molar-refractivity contribution in [3.63, 3.8) is 0 Å². The first-order valence-corrected chi connectivity index (χ1v) is 11.2. The number of hydrogen-bond donors (Lipinski definition) is 0. The molecule has 0 aliphatic heterocycles. The Balaban J connectivity index is 1.82. The van der Waals surface area contributed by atoms with E-state index in [9.17, 15) is 0 Å². The predicted octanol–water partition coefficient (Wildman–Crippen LogP) is 7.97. The number of hydrogen-bond acceptors (Lipinski definition) is 5. The summed E-state index contributed by atoms with van der Waals surface area (Å²) in [7, 11) is 0. The number of oxime groups is 1. The highest BCUT2D eigenvalue weighted by Gasteiger charge is 2.11. The fourth-order valence-electron chi connectivity index (χ4n) is 2.16. The molecule has 0 spiro atoms. The van der Waals surface area contributed by atoms with E-state index >= 15 is 0 Å². The van der Waals surface area contributed by atoms with Crippen LogP contribution in [0.1, 0.15) is 5.56 Å². The van der Waals surface area contributed by atoms with Gasteiger partial charge < -0.3 is 19.0 Å². The van der Waals surface area contributed by atoms with Gasteiger partial charge in [0.05, 0.1) is 16.3 Å². The summed E-state index contributed by atoms with van der Waals surface area (Å²) in [4.78, 5) is 4.92. The predicted molar refractivity (Wildman–Crippen MR) is 132 cm³/mol. The molecule has 0 amide bonds. The molecule has 0 atom stereocenters. The van der Waals surface area contributed by atoms with E-state index in [4.69, 9.17) is 88.7 Å². The van der Waals surface area contributed by atoms with Crippen LogP contribution in [0.3, 0.4) is 0 Å². The van der Waals surface area contributed by atoms with E-state index in [-0.39, 0.29) is 35.4 Å². The smallest absolute Gasteiger partial charge is 0.157 e. The maximum atomic E-state index is 6.27. The first-order valence-electron chi connectivity index (χ1n) is 8.97. The molecule has 0 unspecified atom stereocenters. The Morgan fingerprint density at radius 1 is 0.750 bits per heavy atom. The lowest BCUT2D eigenvalue weighted by molar-refractivity contribution is 0.174. The van der Waals surface area contributed by atoms with Gasteiger partial charge in [-0.2, -0.15) is 0 Å².